The summed E-state index contributed by atoms with van der Waals surface area (Å²) < 4.78 is 0. The third kappa shape index (κ3) is 3.50. The van der Waals surface area contributed by atoms with Crippen LogP contribution in [0.5, 0.6) is 0 Å². The molecule has 0 fully saturated rings. The number of hydrogen-bond acceptors (Lipinski definition) is 2. The first-order valence-electron chi connectivity index (χ1n) is 7.81. The van der Waals surface area contributed by atoms with Gasteiger partial charge in [-0.1, -0.05) is 42.5 Å². The van der Waals surface area contributed by atoms with Gasteiger partial charge in [0.1, 0.15) is 0 Å². The van der Waals surface area contributed by atoms with Crippen molar-refractivity contribution in [2.75, 3.05) is 12.8 Å². The van der Waals surface area contributed by atoms with Crippen molar-refractivity contribution >= 4 is 11.8 Å². The van der Waals surface area contributed by atoms with E-state index in [4.69, 9.17) is 0 Å². The highest BCUT2D eigenvalue weighted by atomic mass is 32.2. The third-order valence-corrected chi connectivity index (χ3v) is 5.50. The van der Waals surface area contributed by atoms with Crippen LogP contribution in [0.2, 0.25) is 0 Å². The molecule has 0 radical (unpaired) electrons. The van der Waals surface area contributed by atoms with E-state index in [-0.39, 0.29) is 0 Å². The molecule has 2 aromatic rings. The molecule has 21 heavy (non-hydrogen) atoms. The highest BCUT2D eigenvalue weighted by Gasteiger charge is 2.27. The number of nitrogens with one attached hydrogen (secondary N) is 1. The smallest absolute Gasteiger partial charge is 0.0349 e. The van der Waals surface area contributed by atoms with E-state index in [0.717, 1.165) is 5.92 Å². The van der Waals surface area contributed by atoms with Crippen molar-refractivity contribution in [2.24, 2.45) is 5.92 Å². The maximum absolute atomic E-state index is 3.55. The van der Waals surface area contributed by atoms with E-state index >= 15 is 0 Å². The van der Waals surface area contributed by atoms with Crippen LogP contribution in [-0.2, 0) is 6.42 Å². The second-order valence-electron chi connectivity index (χ2n) is 5.71. The van der Waals surface area contributed by atoms with Gasteiger partial charge in [-0.15, -0.1) is 11.8 Å². The highest BCUT2D eigenvalue weighted by Crippen LogP contribution is 2.37. The number of thioether (sulfide) groups is 1. The molecule has 1 aliphatic carbocycles. The second kappa shape index (κ2) is 7.15. The van der Waals surface area contributed by atoms with Gasteiger partial charge >= 0.3 is 0 Å². The SMILES string of the molecule is CNC1c2ccccc2CCC1CCSc1ccccc1. The van der Waals surface area contributed by atoms with Gasteiger partial charge in [-0.25, -0.2) is 0 Å². The zero-order chi connectivity index (χ0) is 14.5. The Hall–Kier alpha value is -1.25. The molecule has 2 aromatic carbocycles. The zero-order valence-corrected chi connectivity index (χ0v) is 13.4. The molecule has 1 aliphatic rings. The number of rotatable bonds is 5. The van der Waals surface area contributed by atoms with Crippen molar-refractivity contribution in [3.05, 3.63) is 65.7 Å². The van der Waals surface area contributed by atoms with Crippen LogP contribution in [0.3, 0.4) is 0 Å². The van der Waals surface area contributed by atoms with Crippen molar-refractivity contribution in [1.29, 1.82) is 0 Å². The van der Waals surface area contributed by atoms with Crippen LogP contribution in [0.25, 0.3) is 0 Å². The van der Waals surface area contributed by atoms with E-state index in [1.807, 2.05) is 11.8 Å². The summed E-state index contributed by atoms with van der Waals surface area (Å²) in [6.45, 7) is 0. The fraction of sp³-hybridized carbons (Fsp3) is 0.368. The first kappa shape index (κ1) is 14.7. The zero-order valence-electron chi connectivity index (χ0n) is 12.6. The predicted octanol–water partition coefficient (Wildman–Crippen LogP) is 4.69. The van der Waals surface area contributed by atoms with Crippen LogP contribution in [0.1, 0.15) is 30.0 Å². The van der Waals surface area contributed by atoms with Gasteiger partial charge in [-0.05, 0) is 61.2 Å². The van der Waals surface area contributed by atoms with Crippen molar-refractivity contribution < 1.29 is 0 Å². The number of benzene rings is 2. The Kier molecular flexibility index (Phi) is 5.00. The molecule has 0 heterocycles. The van der Waals surface area contributed by atoms with Crippen molar-refractivity contribution in [2.45, 2.75) is 30.2 Å². The van der Waals surface area contributed by atoms with Gasteiger partial charge in [0.25, 0.3) is 0 Å². The van der Waals surface area contributed by atoms with Gasteiger partial charge in [0.2, 0.25) is 0 Å². The topological polar surface area (TPSA) is 12.0 Å². The summed E-state index contributed by atoms with van der Waals surface area (Å²) in [6.07, 6.45) is 3.81. The number of aryl methyl sites for hydroxylation is 1. The van der Waals surface area contributed by atoms with Crippen molar-refractivity contribution in [3.8, 4) is 0 Å². The lowest BCUT2D eigenvalue weighted by Gasteiger charge is -2.33. The van der Waals surface area contributed by atoms with Crippen LogP contribution in [0.15, 0.2) is 59.5 Å². The largest absolute Gasteiger partial charge is 0.313 e. The molecule has 0 saturated carbocycles. The molecule has 2 atom stereocenters. The van der Waals surface area contributed by atoms with Crippen LogP contribution >= 0.6 is 11.8 Å². The van der Waals surface area contributed by atoms with Gasteiger partial charge in [-0.2, -0.15) is 0 Å². The van der Waals surface area contributed by atoms with Gasteiger partial charge in [0.05, 0.1) is 0 Å². The molecular weight excluding hydrogens is 274 g/mol. The van der Waals surface area contributed by atoms with Crippen LogP contribution in [0, 0.1) is 5.92 Å². The average molecular weight is 297 g/mol. The lowest BCUT2D eigenvalue weighted by Crippen LogP contribution is -2.30. The van der Waals surface area contributed by atoms with Crippen LogP contribution in [0.4, 0.5) is 0 Å². The van der Waals surface area contributed by atoms with Crippen LogP contribution in [-0.4, -0.2) is 12.8 Å². The second-order valence-corrected chi connectivity index (χ2v) is 6.88. The van der Waals surface area contributed by atoms with Gasteiger partial charge in [0.15, 0.2) is 0 Å². The Morgan fingerprint density at radius 1 is 1.05 bits per heavy atom. The monoisotopic (exact) mass is 297 g/mol. The molecule has 0 bridgehead atoms. The molecule has 2 unspecified atom stereocenters. The maximum Gasteiger partial charge on any atom is 0.0349 e. The Morgan fingerprint density at radius 2 is 1.81 bits per heavy atom. The first-order valence-corrected chi connectivity index (χ1v) is 8.80. The fourth-order valence-electron chi connectivity index (χ4n) is 3.37. The molecule has 0 aliphatic heterocycles. The molecule has 1 N–H and O–H groups in total. The summed E-state index contributed by atoms with van der Waals surface area (Å²) in [7, 11) is 2.10. The van der Waals surface area contributed by atoms with E-state index in [1.165, 1.54) is 41.0 Å². The van der Waals surface area contributed by atoms with Gasteiger partial charge < -0.3 is 5.32 Å². The summed E-state index contributed by atoms with van der Waals surface area (Å²) in [4.78, 5) is 1.38. The fourth-order valence-corrected chi connectivity index (χ4v) is 4.38. The average Bonchev–Trinajstić information content (AvgIpc) is 2.55. The molecule has 0 amide bonds. The lowest BCUT2D eigenvalue weighted by molar-refractivity contribution is 0.329. The van der Waals surface area contributed by atoms with E-state index in [9.17, 15) is 0 Å². The standard InChI is InChI=1S/C19H23NS/c1-20-19-16(12-11-15-7-5-6-10-18(15)19)13-14-21-17-8-3-2-4-9-17/h2-10,16,19-20H,11-14H2,1H3. The Balaban J connectivity index is 1.61. The highest BCUT2D eigenvalue weighted by molar-refractivity contribution is 7.99. The minimum absolute atomic E-state index is 0.520. The molecule has 0 aromatic heterocycles. The minimum Gasteiger partial charge on any atom is -0.313 e. The summed E-state index contributed by atoms with van der Waals surface area (Å²) in [5.41, 5.74) is 3.05. The molecular formula is C19H23NS. The maximum atomic E-state index is 3.55. The molecule has 110 valence electrons. The van der Waals surface area contributed by atoms with E-state index in [1.54, 1.807) is 0 Å². The summed E-state index contributed by atoms with van der Waals surface area (Å²) in [5, 5.41) is 3.55. The normalized spacial score (nSPS) is 21.0. The lowest BCUT2D eigenvalue weighted by atomic mass is 9.78. The van der Waals surface area contributed by atoms with Crippen molar-refractivity contribution in [3.63, 3.8) is 0 Å². The van der Waals surface area contributed by atoms with Crippen molar-refractivity contribution in [1.82, 2.24) is 5.32 Å². The predicted molar refractivity (Wildman–Crippen MR) is 91.8 cm³/mol. The summed E-state index contributed by atoms with van der Waals surface area (Å²) in [6, 6.07) is 20.2. The Bertz CT molecular complexity index is 567. The molecule has 3 rings (SSSR count). The number of hydrogen-bond donors (Lipinski definition) is 1. The summed E-state index contributed by atoms with van der Waals surface area (Å²) >= 11 is 1.98. The summed E-state index contributed by atoms with van der Waals surface area (Å²) in [5.74, 6) is 1.95. The van der Waals surface area contributed by atoms with E-state index < -0.39 is 0 Å². The quantitative estimate of drug-likeness (QED) is 0.803. The third-order valence-electron chi connectivity index (χ3n) is 4.46. The van der Waals surface area contributed by atoms with Gasteiger partial charge in [0, 0.05) is 10.9 Å². The molecule has 0 spiro atoms. The molecule has 1 nitrogen and oxygen atoms in total. The molecule has 0 saturated heterocycles. The minimum atomic E-state index is 0.520. The number of fused-ring (bicyclic) bond motifs is 1. The van der Waals surface area contributed by atoms with E-state index in [0.29, 0.717) is 6.04 Å². The first-order chi connectivity index (χ1) is 10.4. The van der Waals surface area contributed by atoms with E-state index in [2.05, 4.69) is 67.0 Å². The Labute approximate surface area is 132 Å². The molecule has 2 heteroatoms. The Morgan fingerprint density at radius 3 is 2.62 bits per heavy atom. The van der Waals surface area contributed by atoms with Crippen LogP contribution < -0.4 is 5.32 Å². The van der Waals surface area contributed by atoms with Gasteiger partial charge in [-0.3, -0.25) is 0 Å².